The van der Waals surface area contributed by atoms with Crippen LogP contribution >= 0.6 is 0 Å². The van der Waals surface area contributed by atoms with Crippen molar-refractivity contribution in [3.63, 3.8) is 0 Å². The van der Waals surface area contributed by atoms with Crippen molar-refractivity contribution in [3.8, 4) is 5.82 Å². The van der Waals surface area contributed by atoms with Gasteiger partial charge in [0.1, 0.15) is 0 Å². The number of benzene rings is 1. The van der Waals surface area contributed by atoms with Crippen LogP contribution in [0.5, 0.6) is 0 Å². The SMILES string of the molecule is Nc1nc(-n2cccn2)c2ncn(Cc3ccc([N+](=O)[O-])cc3C(F)(F)F)c2n1. The number of rotatable bonds is 4. The first-order valence-corrected chi connectivity index (χ1v) is 8.07. The quantitative estimate of drug-likeness (QED) is 0.408. The number of nitrogens with two attached hydrogens (primary N) is 1. The van der Waals surface area contributed by atoms with Crippen LogP contribution in [0.25, 0.3) is 17.0 Å². The minimum atomic E-state index is -4.77. The molecule has 2 N–H and O–H groups in total. The van der Waals surface area contributed by atoms with Crippen LogP contribution in [-0.2, 0) is 12.7 Å². The molecule has 3 aromatic heterocycles. The summed E-state index contributed by atoms with van der Waals surface area (Å²) < 4.78 is 43.1. The number of hydrogen-bond acceptors (Lipinski definition) is 7. The van der Waals surface area contributed by atoms with E-state index in [1.165, 1.54) is 21.8 Å². The zero-order valence-electron chi connectivity index (χ0n) is 14.4. The van der Waals surface area contributed by atoms with Crippen molar-refractivity contribution in [2.75, 3.05) is 5.73 Å². The average Bonchev–Trinajstić information content (AvgIpc) is 3.31. The molecule has 0 radical (unpaired) electrons. The Labute approximate surface area is 159 Å². The predicted molar refractivity (Wildman–Crippen MR) is 94.1 cm³/mol. The van der Waals surface area contributed by atoms with Gasteiger partial charge in [-0.1, -0.05) is 0 Å². The third-order valence-corrected chi connectivity index (χ3v) is 4.13. The number of alkyl halides is 3. The van der Waals surface area contributed by atoms with Gasteiger partial charge in [0.25, 0.3) is 5.69 Å². The predicted octanol–water partition coefficient (Wildman–Crippen LogP) is 2.57. The van der Waals surface area contributed by atoms with Crippen LogP contribution in [-0.4, -0.2) is 34.2 Å². The minimum absolute atomic E-state index is 0.107. The van der Waals surface area contributed by atoms with Crippen molar-refractivity contribution in [1.29, 1.82) is 0 Å². The number of nitrogen functional groups attached to an aromatic ring is 1. The van der Waals surface area contributed by atoms with E-state index in [2.05, 4.69) is 20.1 Å². The van der Waals surface area contributed by atoms with Gasteiger partial charge in [-0.15, -0.1) is 0 Å². The molecule has 10 nitrogen and oxygen atoms in total. The van der Waals surface area contributed by atoms with Gasteiger partial charge in [0.2, 0.25) is 5.95 Å². The third kappa shape index (κ3) is 3.33. The maximum atomic E-state index is 13.4. The van der Waals surface area contributed by atoms with Gasteiger partial charge < -0.3 is 10.3 Å². The van der Waals surface area contributed by atoms with E-state index in [1.807, 2.05) is 0 Å². The Morgan fingerprint density at radius 1 is 1.24 bits per heavy atom. The highest BCUT2D eigenvalue weighted by molar-refractivity contribution is 5.79. The van der Waals surface area contributed by atoms with Gasteiger partial charge in [-0.05, 0) is 17.7 Å². The van der Waals surface area contributed by atoms with Crippen LogP contribution < -0.4 is 5.73 Å². The maximum Gasteiger partial charge on any atom is 0.416 e. The zero-order chi connectivity index (χ0) is 20.8. The lowest BCUT2D eigenvalue weighted by Crippen LogP contribution is -2.13. The molecule has 0 amide bonds. The van der Waals surface area contributed by atoms with E-state index in [-0.39, 0.29) is 29.5 Å². The molecular formula is C16H11F3N8O2. The summed E-state index contributed by atoms with van der Waals surface area (Å²) in [5.41, 5.74) is 4.30. The Bertz CT molecular complexity index is 1220. The van der Waals surface area contributed by atoms with Gasteiger partial charge >= 0.3 is 6.18 Å². The minimum Gasteiger partial charge on any atom is -0.368 e. The molecule has 148 valence electrons. The molecule has 0 fully saturated rings. The van der Waals surface area contributed by atoms with Gasteiger partial charge in [0.05, 0.1) is 23.4 Å². The first kappa shape index (κ1) is 18.3. The summed E-state index contributed by atoms with van der Waals surface area (Å²) >= 11 is 0. The van der Waals surface area contributed by atoms with Crippen LogP contribution in [0, 0.1) is 10.1 Å². The molecule has 0 aliphatic rings. The monoisotopic (exact) mass is 404 g/mol. The largest absolute Gasteiger partial charge is 0.416 e. The summed E-state index contributed by atoms with van der Waals surface area (Å²) in [6.07, 6.45) is -0.342. The molecule has 4 rings (SSSR count). The number of nitrogens with zero attached hydrogens (tertiary/aromatic N) is 7. The fraction of sp³-hybridized carbons (Fsp3) is 0.125. The van der Waals surface area contributed by atoms with E-state index >= 15 is 0 Å². The normalized spacial score (nSPS) is 11.8. The van der Waals surface area contributed by atoms with Crippen LogP contribution in [0.15, 0.2) is 43.0 Å². The summed E-state index contributed by atoms with van der Waals surface area (Å²) in [7, 11) is 0. The highest BCUT2D eigenvalue weighted by Crippen LogP contribution is 2.35. The van der Waals surface area contributed by atoms with Gasteiger partial charge in [-0.2, -0.15) is 28.2 Å². The van der Waals surface area contributed by atoms with Crippen molar-refractivity contribution < 1.29 is 18.1 Å². The molecule has 0 saturated heterocycles. The van der Waals surface area contributed by atoms with E-state index in [9.17, 15) is 23.3 Å². The van der Waals surface area contributed by atoms with Gasteiger partial charge in [0.15, 0.2) is 17.0 Å². The summed E-state index contributed by atoms with van der Waals surface area (Å²) in [6.45, 7) is -0.279. The Hall–Kier alpha value is -4.03. The number of nitro groups is 1. The first-order valence-electron chi connectivity index (χ1n) is 8.07. The van der Waals surface area contributed by atoms with Crippen molar-refractivity contribution in [1.82, 2.24) is 29.3 Å². The fourth-order valence-electron chi connectivity index (χ4n) is 2.88. The molecule has 3 heterocycles. The average molecular weight is 404 g/mol. The van der Waals surface area contributed by atoms with Gasteiger partial charge in [0, 0.05) is 24.5 Å². The summed E-state index contributed by atoms with van der Waals surface area (Å²) in [5.74, 6) is 0.167. The standard InChI is InChI=1S/C16H11F3N8O2/c17-16(18,19)11-6-10(27(28)29)3-2-9(11)7-25-8-21-12-13(25)23-15(20)24-14(12)26-5-1-4-22-26/h1-6,8H,7H2,(H2,20,23,24). The third-order valence-electron chi connectivity index (χ3n) is 4.13. The lowest BCUT2D eigenvalue weighted by Gasteiger charge is -2.13. The summed E-state index contributed by atoms with van der Waals surface area (Å²) in [5, 5.41) is 14.9. The van der Waals surface area contributed by atoms with E-state index in [0.717, 1.165) is 12.1 Å². The van der Waals surface area contributed by atoms with Crippen molar-refractivity contribution in [3.05, 3.63) is 64.2 Å². The Balaban J connectivity index is 1.83. The molecule has 0 spiro atoms. The van der Waals surface area contributed by atoms with Crippen molar-refractivity contribution in [2.24, 2.45) is 0 Å². The van der Waals surface area contributed by atoms with Crippen LogP contribution in [0.1, 0.15) is 11.1 Å². The number of non-ortho nitro benzene ring substituents is 1. The van der Waals surface area contributed by atoms with Crippen molar-refractivity contribution in [2.45, 2.75) is 12.7 Å². The molecule has 0 saturated carbocycles. The fourth-order valence-corrected chi connectivity index (χ4v) is 2.88. The molecule has 13 heteroatoms. The number of anilines is 1. The second-order valence-corrected chi connectivity index (χ2v) is 6.00. The highest BCUT2D eigenvalue weighted by atomic mass is 19.4. The Morgan fingerprint density at radius 3 is 2.69 bits per heavy atom. The topological polar surface area (TPSA) is 131 Å². The van der Waals surface area contributed by atoms with E-state index in [0.29, 0.717) is 11.6 Å². The number of nitro benzene ring substituents is 1. The first-order chi connectivity index (χ1) is 13.7. The smallest absolute Gasteiger partial charge is 0.368 e. The highest BCUT2D eigenvalue weighted by Gasteiger charge is 2.35. The maximum absolute atomic E-state index is 13.4. The molecular weight excluding hydrogens is 393 g/mol. The Kier molecular flexibility index (Phi) is 4.14. The molecule has 0 bridgehead atoms. The molecule has 0 aliphatic carbocycles. The number of fused-ring (bicyclic) bond motifs is 1. The van der Waals surface area contributed by atoms with Crippen LogP contribution in [0.2, 0.25) is 0 Å². The second-order valence-electron chi connectivity index (χ2n) is 6.00. The molecule has 1 aromatic carbocycles. The number of imidazole rings is 1. The number of aromatic nitrogens is 6. The van der Waals surface area contributed by atoms with Crippen molar-refractivity contribution >= 4 is 22.8 Å². The lowest BCUT2D eigenvalue weighted by molar-refractivity contribution is -0.385. The van der Waals surface area contributed by atoms with Gasteiger partial charge in [-0.25, -0.2) is 9.67 Å². The zero-order valence-corrected chi connectivity index (χ0v) is 14.4. The second kappa shape index (κ2) is 6.54. The molecule has 0 aliphatic heterocycles. The lowest BCUT2D eigenvalue weighted by atomic mass is 10.1. The van der Waals surface area contributed by atoms with Crippen LogP contribution in [0.4, 0.5) is 24.8 Å². The van der Waals surface area contributed by atoms with E-state index < -0.39 is 22.4 Å². The van der Waals surface area contributed by atoms with Gasteiger partial charge in [-0.3, -0.25) is 10.1 Å². The molecule has 29 heavy (non-hydrogen) atoms. The Morgan fingerprint density at radius 2 is 2.03 bits per heavy atom. The molecule has 4 aromatic rings. The summed E-state index contributed by atoms with van der Waals surface area (Å²) in [6, 6.07) is 4.24. The van der Waals surface area contributed by atoms with E-state index in [1.54, 1.807) is 12.3 Å². The molecule has 0 atom stereocenters. The number of halogens is 3. The molecule has 0 unspecified atom stereocenters. The van der Waals surface area contributed by atoms with Crippen LogP contribution in [0.3, 0.4) is 0 Å². The van der Waals surface area contributed by atoms with E-state index in [4.69, 9.17) is 5.73 Å². The number of hydrogen-bond donors (Lipinski definition) is 1. The summed E-state index contributed by atoms with van der Waals surface area (Å²) in [4.78, 5) is 22.3.